The summed E-state index contributed by atoms with van der Waals surface area (Å²) >= 11 is 0. The Morgan fingerprint density at radius 3 is 2.76 bits per heavy atom. The highest BCUT2D eigenvalue weighted by Crippen LogP contribution is 2.42. The fourth-order valence-electron chi connectivity index (χ4n) is 3.36. The molecule has 17 heavy (non-hydrogen) atoms. The molecule has 2 fully saturated rings. The lowest BCUT2D eigenvalue weighted by molar-refractivity contribution is -0.144. The van der Waals surface area contributed by atoms with Gasteiger partial charge in [-0.15, -0.1) is 0 Å². The molecule has 5 nitrogen and oxygen atoms in total. The lowest BCUT2D eigenvalue weighted by Crippen LogP contribution is -2.43. The van der Waals surface area contributed by atoms with E-state index in [2.05, 4.69) is 0 Å². The fraction of sp³-hybridized carbons (Fsp3) is 0.833. The predicted octanol–water partition coefficient (Wildman–Crippen LogP) is 0.293. The quantitative estimate of drug-likeness (QED) is 0.740. The van der Waals surface area contributed by atoms with Crippen LogP contribution in [0.5, 0.6) is 0 Å². The van der Waals surface area contributed by atoms with Crippen LogP contribution in [-0.2, 0) is 9.59 Å². The summed E-state index contributed by atoms with van der Waals surface area (Å²) in [6, 6.07) is -0.413. The topological polar surface area (TPSA) is 83.6 Å². The summed E-state index contributed by atoms with van der Waals surface area (Å²) in [5.74, 6) is -0.623. The van der Waals surface area contributed by atoms with Gasteiger partial charge in [0.2, 0.25) is 5.91 Å². The number of aliphatic carboxylic acids is 1. The third-order valence-electron chi connectivity index (χ3n) is 4.23. The Kier molecular flexibility index (Phi) is 3.38. The Hall–Kier alpha value is -1.10. The number of nitrogens with two attached hydrogens (primary N) is 1. The summed E-state index contributed by atoms with van der Waals surface area (Å²) in [5, 5.41) is 9.32. The van der Waals surface area contributed by atoms with Crippen molar-refractivity contribution < 1.29 is 14.7 Å². The Bertz CT molecular complexity index is 332. The molecule has 0 aromatic heterocycles. The number of carboxylic acid groups (broad SMARTS) is 1. The molecule has 3 N–H and O–H groups in total. The number of carboxylic acids is 1. The molecular weight excluding hydrogens is 220 g/mol. The molecular formula is C12H20N2O3. The van der Waals surface area contributed by atoms with Gasteiger partial charge in [-0.2, -0.15) is 0 Å². The van der Waals surface area contributed by atoms with Crippen LogP contribution in [0.1, 0.15) is 26.2 Å². The Labute approximate surface area is 101 Å². The molecule has 1 heterocycles. The van der Waals surface area contributed by atoms with Crippen molar-refractivity contribution in [2.24, 2.45) is 23.5 Å². The van der Waals surface area contributed by atoms with Gasteiger partial charge < -0.3 is 10.8 Å². The van der Waals surface area contributed by atoms with Crippen LogP contribution in [0.15, 0.2) is 0 Å². The minimum Gasteiger partial charge on any atom is -0.480 e. The molecule has 1 saturated heterocycles. The van der Waals surface area contributed by atoms with Crippen molar-refractivity contribution in [3.8, 4) is 0 Å². The molecule has 0 aromatic carbocycles. The first-order chi connectivity index (χ1) is 8.00. The number of carbonyl (C=O) groups excluding carboxylic acids is 1. The van der Waals surface area contributed by atoms with Gasteiger partial charge in [0.05, 0.1) is 0 Å². The van der Waals surface area contributed by atoms with Crippen LogP contribution in [0.25, 0.3) is 0 Å². The first kappa shape index (κ1) is 12.4. The third-order valence-corrected chi connectivity index (χ3v) is 4.23. The largest absolute Gasteiger partial charge is 0.480 e. The highest BCUT2D eigenvalue weighted by Gasteiger charge is 2.47. The van der Waals surface area contributed by atoms with Crippen molar-refractivity contribution >= 4 is 11.9 Å². The molecule has 0 aromatic rings. The molecule has 5 heteroatoms. The Balaban J connectivity index is 2.06. The van der Waals surface area contributed by atoms with Crippen LogP contribution in [0, 0.1) is 17.8 Å². The van der Waals surface area contributed by atoms with Crippen LogP contribution in [0.3, 0.4) is 0 Å². The highest BCUT2D eigenvalue weighted by atomic mass is 16.4. The van der Waals surface area contributed by atoms with E-state index < -0.39 is 12.0 Å². The van der Waals surface area contributed by atoms with E-state index >= 15 is 0 Å². The molecule has 0 bridgehead atoms. The number of fused-ring (bicyclic) bond motifs is 1. The predicted molar refractivity (Wildman–Crippen MR) is 62.2 cm³/mol. The van der Waals surface area contributed by atoms with Gasteiger partial charge in [-0.05, 0) is 24.7 Å². The number of carbonyl (C=O) groups is 2. The van der Waals surface area contributed by atoms with Crippen molar-refractivity contribution in [2.45, 2.75) is 32.2 Å². The van der Waals surface area contributed by atoms with Crippen LogP contribution in [0.4, 0.5) is 0 Å². The first-order valence-corrected chi connectivity index (χ1v) is 6.27. The van der Waals surface area contributed by atoms with Gasteiger partial charge in [0.1, 0.15) is 6.04 Å². The average molecular weight is 240 g/mol. The maximum atomic E-state index is 11.3. The maximum Gasteiger partial charge on any atom is 0.321 e. The van der Waals surface area contributed by atoms with Crippen LogP contribution in [0.2, 0.25) is 0 Å². The number of amides is 1. The molecule has 2 aliphatic rings. The van der Waals surface area contributed by atoms with Gasteiger partial charge in [0.15, 0.2) is 0 Å². The number of hydrogen-bond acceptors (Lipinski definition) is 3. The summed E-state index contributed by atoms with van der Waals surface area (Å²) in [7, 11) is 0. The second-order valence-electron chi connectivity index (χ2n) is 5.40. The lowest BCUT2D eigenvalue weighted by atomic mass is 9.94. The maximum absolute atomic E-state index is 11.3. The van der Waals surface area contributed by atoms with Gasteiger partial charge in [-0.25, -0.2) is 0 Å². The molecule has 4 unspecified atom stereocenters. The average Bonchev–Trinajstić information content (AvgIpc) is 2.75. The summed E-state index contributed by atoms with van der Waals surface area (Å²) in [5.41, 5.74) is 5.24. The number of likely N-dealkylation sites (tertiary alicyclic amines) is 1. The molecule has 96 valence electrons. The van der Waals surface area contributed by atoms with Crippen molar-refractivity contribution in [1.82, 2.24) is 4.90 Å². The second kappa shape index (κ2) is 4.64. The van der Waals surface area contributed by atoms with Crippen LogP contribution >= 0.6 is 0 Å². The smallest absolute Gasteiger partial charge is 0.321 e. The van der Waals surface area contributed by atoms with Crippen LogP contribution < -0.4 is 5.73 Å². The van der Waals surface area contributed by atoms with Crippen molar-refractivity contribution in [3.05, 3.63) is 0 Å². The van der Waals surface area contributed by atoms with Crippen molar-refractivity contribution in [2.75, 3.05) is 13.1 Å². The van der Waals surface area contributed by atoms with E-state index in [9.17, 15) is 14.7 Å². The summed E-state index contributed by atoms with van der Waals surface area (Å²) in [4.78, 5) is 24.3. The summed E-state index contributed by atoms with van der Waals surface area (Å²) in [6.45, 7) is 3.04. The van der Waals surface area contributed by atoms with E-state index in [-0.39, 0.29) is 17.7 Å². The summed E-state index contributed by atoms with van der Waals surface area (Å²) < 4.78 is 0. The van der Waals surface area contributed by atoms with Gasteiger partial charge in [-0.3, -0.25) is 14.5 Å². The Morgan fingerprint density at radius 2 is 2.18 bits per heavy atom. The molecule has 0 spiro atoms. The number of hydrogen-bond donors (Lipinski definition) is 2. The normalized spacial score (nSPS) is 34.5. The molecule has 0 radical (unpaired) electrons. The zero-order valence-corrected chi connectivity index (χ0v) is 10.1. The molecule has 4 atom stereocenters. The standard InChI is InChI=1S/C12H20N2O3/c1-7(11(13)15)5-14-6-8-3-2-4-9(8)10(14)12(16)17/h7-10H,2-6H2,1H3,(H2,13,15)(H,16,17). The number of nitrogens with zero attached hydrogens (tertiary/aromatic N) is 1. The fourth-order valence-corrected chi connectivity index (χ4v) is 3.36. The van der Waals surface area contributed by atoms with E-state index in [1.54, 1.807) is 6.92 Å². The summed E-state index contributed by atoms with van der Waals surface area (Å²) in [6.07, 6.45) is 3.26. The third kappa shape index (κ3) is 2.29. The van der Waals surface area contributed by atoms with E-state index in [1.807, 2.05) is 4.90 Å². The first-order valence-electron chi connectivity index (χ1n) is 6.27. The van der Waals surface area contributed by atoms with Crippen molar-refractivity contribution in [1.29, 1.82) is 0 Å². The van der Waals surface area contributed by atoms with Crippen LogP contribution in [-0.4, -0.2) is 41.0 Å². The van der Waals surface area contributed by atoms with E-state index in [0.29, 0.717) is 12.5 Å². The molecule has 2 rings (SSSR count). The van der Waals surface area contributed by atoms with E-state index in [1.165, 1.54) is 0 Å². The minimum absolute atomic E-state index is 0.271. The van der Waals surface area contributed by atoms with Crippen molar-refractivity contribution in [3.63, 3.8) is 0 Å². The Morgan fingerprint density at radius 1 is 1.47 bits per heavy atom. The van der Waals surface area contributed by atoms with E-state index in [0.717, 1.165) is 25.8 Å². The monoisotopic (exact) mass is 240 g/mol. The zero-order chi connectivity index (χ0) is 12.6. The number of primary amides is 1. The highest BCUT2D eigenvalue weighted by molar-refractivity contribution is 5.77. The lowest BCUT2D eigenvalue weighted by Gasteiger charge is -2.25. The van der Waals surface area contributed by atoms with Gasteiger partial charge >= 0.3 is 5.97 Å². The second-order valence-corrected chi connectivity index (χ2v) is 5.40. The molecule has 1 aliphatic heterocycles. The SMILES string of the molecule is CC(CN1CC2CCCC2C1C(=O)O)C(N)=O. The van der Waals surface area contributed by atoms with Gasteiger partial charge in [0.25, 0.3) is 0 Å². The van der Waals surface area contributed by atoms with Gasteiger partial charge in [0, 0.05) is 19.0 Å². The zero-order valence-electron chi connectivity index (χ0n) is 10.1. The molecule has 1 saturated carbocycles. The number of rotatable bonds is 4. The van der Waals surface area contributed by atoms with Gasteiger partial charge in [-0.1, -0.05) is 13.3 Å². The molecule has 1 aliphatic carbocycles. The minimum atomic E-state index is -0.754. The van der Waals surface area contributed by atoms with E-state index in [4.69, 9.17) is 5.73 Å². The molecule has 1 amide bonds.